The van der Waals surface area contributed by atoms with Crippen molar-refractivity contribution in [2.75, 3.05) is 12.8 Å². The van der Waals surface area contributed by atoms with E-state index in [1.165, 1.54) is 4.68 Å². The van der Waals surface area contributed by atoms with Gasteiger partial charge in [-0.05, 0) is 23.3 Å². The summed E-state index contributed by atoms with van der Waals surface area (Å²) in [6, 6.07) is 16.5. The van der Waals surface area contributed by atoms with E-state index in [1.54, 1.807) is 19.2 Å². The van der Waals surface area contributed by atoms with Crippen LogP contribution in [0.4, 0.5) is 11.5 Å². The van der Waals surface area contributed by atoms with Crippen LogP contribution in [-0.2, 0) is 6.54 Å². The lowest BCUT2D eigenvalue weighted by molar-refractivity contribution is 0.152. The standard InChI is InChI=1S/C19H18N4O2/c1-21-18-17(14-8-10-15(25-2)11-9-14)22-23(19(18)20)12-16(24)13-6-4-3-5-7-13/h3-11,16,24H,12,20H2,2H3. The molecule has 25 heavy (non-hydrogen) atoms. The first-order valence-electron chi connectivity index (χ1n) is 7.75. The Morgan fingerprint density at radius 2 is 1.88 bits per heavy atom. The summed E-state index contributed by atoms with van der Waals surface area (Å²) in [5, 5.41) is 14.8. The molecule has 1 unspecified atom stereocenters. The number of aliphatic hydroxyl groups excluding tert-OH is 1. The average molecular weight is 334 g/mol. The summed E-state index contributed by atoms with van der Waals surface area (Å²) in [5.74, 6) is 0.968. The van der Waals surface area contributed by atoms with E-state index in [-0.39, 0.29) is 18.1 Å². The number of methoxy groups -OCH3 is 1. The smallest absolute Gasteiger partial charge is 0.254 e. The third-order valence-corrected chi connectivity index (χ3v) is 3.97. The van der Waals surface area contributed by atoms with Gasteiger partial charge >= 0.3 is 0 Å². The Hall–Kier alpha value is -3.30. The van der Waals surface area contributed by atoms with Crippen molar-refractivity contribution in [2.45, 2.75) is 12.6 Å². The van der Waals surface area contributed by atoms with Gasteiger partial charge in [-0.1, -0.05) is 42.5 Å². The van der Waals surface area contributed by atoms with Gasteiger partial charge in [-0.3, -0.25) is 4.68 Å². The van der Waals surface area contributed by atoms with Crippen molar-refractivity contribution in [2.24, 2.45) is 0 Å². The summed E-state index contributed by atoms with van der Waals surface area (Å²) in [7, 11) is 1.59. The lowest BCUT2D eigenvalue weighted by Crippen LogP contribution is -2.12. The van der Waals surface area contributed by atoms with Crippen molar-refractivity contribution in [3.05, 3.63) is 71.6 Å². The fourth-order valence-corrected chi connectivity index (χ4v) is 2.60. The molecule has 3 aromatic rings. The predicted octanol–water partition coefficient (Wildman–Crippen LogP) is 3.43. The molecule has 1 aromatic heterocycles. The number of rotatable bonds is 5. The molecule has 0 amide bonds. The van der Waals surface area contributed by atoms with Crippen molar-refractivity contribution >= 4 is 11.5 Å². The Morgan fingerprint density at radius 1 is 1.20 bits per heavy atom. The van der Waals surface area contributed by atoms with Crippen LogP contribution in [0.2, 0.25) is 0 Å². The lowest BCUT2D eigenvalue weighted by atomic mass is 10.1. The molecule has 2 aromatic carbocycles. The number of aromatic nitrogens is 2. The summed E-state index contributed by atoms with van der Waals surface area (Å²) in [4.78, 5) is 3.52. The molecule has 6 heteroatoms. The maximum absolute atomic E-state index is 10.4. The molecule has 3 N–H and O–H groups in total. The highest BCUT2D eigenvalue weighted by Crippen LogP contribution is 2.36. The molecule has 0 aliphatic rings. The molecule has 0 bridgehead atoms. The van der Waals surface area contributed by atoms with Crippen LogP contribution < -0.4 is 10.5 Å². The van der Waals surface area contributed by atoms with Crippen LogP contribution in [0.5, 0.6) is 5.75 Å². The summed E-state index contributed by atoms with van der Waals surface area (Å²) < 4.78 is 6.63. The number of ether oxygens (including phenoxy) is 1. The third kappa shape index (κ3) is 3.32. The minimum absolute atomic E-state index is 0.175. The van der Waals surface area contributed by atoms with Crippen molar-refractivity contribution in [3.63, 3.8) is 0 Å². The highest BCUT2D eigenvalue weighted by molar-refractivity contribution is 5.83. The number of nitrogens with two attached hydrogens (primary N) is 1. The Bertz CT molecular complexity index is 896. The van der Waals surface area contributed by atoms with Crippen molar-refractivity contribution < 1.29 is 9.84 Å². The van der Waals surface area contributed by atoms with E-state index in [0.717, 1.165) is 16.9 Å². The monoisotopic (exact) mass is 334 g/mol. The molecule has 3 rings (SSSR count). The van der Waals surface area contributed by atoms with E-state index in [9.17, 15) is 5.11 Å². The maximum Gasteiger partial charge on any atom is 0.254 e. The van der Waals surface area contributed by atoms with Gasteiger partial charge < -0.3 is 15.6 Å². The van der Waals surface area contributed by atoms with Crippen molar-refractivity contribution in [1.82, 2.24) is 9.78 Å². The molecule has 1 atom stereocenters. The van der Waals surface area contributed by atoms with Crippen LogP contribution in [0, 0.1) is 6.57 Å². The molecule has 0 aliphatic heterocycles. The number of anilines is 1. The lowest BCUT2D eigenvalue weighted by Gasteiger charge is -2.12. The number of nitrogens with zero attached hydrogens (tertiary/aromatic N) is 3. The summed E-state index contributed by atoms with van der Waals surface area (Å²) >= 11 is 0. The van der Waals surface area contributed by atoms with Crippen LogP contribution in [0.3, 0.4) is 0 Å². The summed E-state index contributed by atoms with van der Waals surface area (Å²) in [6.07, 6.45) is -0.759. The number of aliphatic hydroxyl groups is 1. The molecule has 0 fully saturated rings. The van der Waals surface area contributed by atoms with Crippen LogP contribution in [-0.4, -0.2) is 22.0 Å². The van der Waals surface area contributed by atoms with Crippen LogP contribution in [0.15, 0.2) is 54.6 Å². The number of hydrogen-bond donors (Lipinski definition) is 2. The van der Waals surface area contributed by atoms with Gasteiger partial charge in [0.15, 0.2) is 0 Å². The molecular weight excluding hydrogens is 316 g/mol. The molecule has 0 saturated heterocycles. The molecule has 0 radical (unpaired) electrons. The van der Waals surface area contributed by atoms with E-state index in [0.29, 0.717) is 5.69 Å². The molecular formula is C19H18N4O2. The first-order valence-corrected chi connectivity index (χ1v) is 7.75. The zero-order valence-electron chi connectivity index (χ0n) is 13.8. The molecule has 1 heterocycles. The minimum Gasteiger partial charge on any atom is -0.497 e. The first-order chi connectivity index (χ1) is 12.1. The second kappa shape index (κ2) is 7.07. The first kappa shape index (κ1) is 16.6. The molecule has 0 aliphatic carbocycles. The SMILES string of the molecule is [C-]#[N+]c1c(-c2ccc(OC)cc2)nn(CC(O)c2ccccc2)c1N. The fourth-order valence-electron chi connectivity index (χ4n) is 2.60. The van der Waals surface area contributed by atoms with Crippen LogP contribution in [0.25, 0.3) is 16.1 Å². The van der Waals surface area contributed by atoms with Gasteiger partial charge in [-0.2, -0.15) is 5.10 Å². The predicted molar refractivity (Wildman–Crippen MR) is 96.3 cm³/mol. The highest BCUT2D eigenvalue weighted by Gasteiger charge is 2.19. The Labute approximate surface area is 145 Å². The third-order valence-electron chi connectivity index (χ3n) is 3.97. The largest absolute Gasteiger partial charge is 0.497 e. The normalized spacial score (nSPS) is 11.7. The molecule has 0 saturated carbocycles. The average Bonchev–Trinajstić information content (AvgIpc) is 2.98. The van der Waals surface area contributed by atoms with Gasteiger partial charge in [-0.15, -0.1) is 0 Å². The van der Waals surface area contributed by atoms with E-state index >= 15 is 0 Å². The number of benzene rings is 2. The second-order valence-electron chi connectivity index (χ2n) is 5.53. The van der Waals surface area contributed by atoms with Crippen molar-refractivity contribution in [3.8, 4) is 17.0 Å². The van der Waals surface area contributed by atoms with Gasteiger partial charge in [0, 0.05) is 0 Å². The van der Waals surface area contributed by atoms with E-state index in [4.69, 9.17) is 17.0 Å². The molecule has 6 nitrogen and oxygen atoms in total. The second-order valence-corrected chi connectivity index (χ2v) is 5.53. The van der Waals surface area contributed by atoms with E-state index in [1.807, 2.05) is 42.5 Å². The Kier molecular flexibility index (Phi) is 4.68. The fraction of sp³-hybridized carbons (Fsp3) is 0.158. The van der Waals surface area contributed by atoms with E-state index in [2.05, 4.69) is 9.94 Å². The quantitative estimate of drug-likeness (QED) is 0.701. The highest BCUT2D eigenvalue weighted by atomic mass is 16.5. The van der Waals surface area contributed by atoms with Gasteiger partial charge in [0.05, 0.1) is 26.3 Å². The minimum atomic E-state index is -0.759. The zero-order valence-corrected chi connectivity index (χ0v) is 13.8. The molecule has 126 valence electrons. The molecule has 0 spiro atoms. The topological polar surface area (TPSA) is 77.7 Å². The Morgan fingerprint density at radius 3 is 2.48 bits per heavy atom. The number of hydrogen-bond acceptors (Lipinski definition) is 4. The van der Waals surface area contributed by atoms with E-state index < -0.39 is 6.10 Å². The maximum atomic E-state index is 10.4. The van der Waals surface area contributed by atoms with Gasteiger partial charge in [0.25, 0.3) is 5.69 Å². The summed E-state index contributed by atoms with van der Waals surface area (Å²) in [5.41, 5.74) is 8.40. The van der Waals surface area contributed by atoms with Crippen LogP contribution >= 0.6 is 0 Å². The Balaban J connectivity index is 1.94. The zero-order chi connectivity index (χ0) is 17.8. The summed E-state index contributed by atoms with van der Waals surface area (Å²) in [6.45, 7) is 7.59. The van der Waals surface area contributed by atoms with Gasteiger partial charge in [0.1, 0.15) is 17.3 Å². The van der Waals surface area contributed by atoms with Crippen LogP contribution in [0.1, 0.15) is 11.7 Å². The van der Waals surface area contributed by atoms with Gasteiger partial charge in [-0.25, -0.2) is 4.85 Å². The van der Waals surface area contributed by atoms with Crippen molar-refractivity contribution in [1.29, 1.82) is 0 Å². The van der Waals surface area contributed by atoms with Gasteiger partial charge in [0.2, 0.25) is 0 Å². The number of nitrogen functional groups attached to an aromatic ring is 1.